The Balaban J connectivity index is 1.60. The number of hydrogen-bond acceptors (Lipinski definition) is 0. The van der Waals surface area contributed by atoms with Crippen molar-refractivity contribution in [1.29, 1.82) is 0 Å². The summed E-state index contributed by atoms with van der Waals surface area (Å²) in [5.41, 5.74) is 15.8. The normalized spacial score (nSPS) is 18.2. The quantitative estimate of drug-likeness (QED) is 0.249. The van der Waals surface area contributed by atoms with Crippen molar-refractivity contribution in [1.82, 2.24) is 0 Å². The van der Waals surface area contributed by atoms with Crippen LogP contribution in [0.3, 0.4) is 0 Å². The average Bonchev–Trinajstić information content (AvgIpc) is 3.09. The third-order valence-corrected chi connectivity index (χ3v) is 9.49. The van der Waals surface area contributed by atoms with Crippen LogP contribution in [0.2, 0.25) is 0 Å². The van der Waals surface area contributed by atoms with Gasteiger partial charge in [0.2, 0.25) is 5.69 Å². The summed E-state index contributed by atoms with van der Waals surface area (Å²) < 4.78 is 2.26. The van der Waals surface area contributed by atoms with E-state index in [1.54, 1.807) is 0 Å². The van der Waals surface area contributed by atoms with Gasteiger partial charge in [-0.15, -0.1) is 0 Å². The summed E-state index contributed by atoms with van der Waals surface area (Å²) in [6.45, 7) is 16.8. The smallest absolute Gasteiger partial charge is 0.201 e. The molecule has 1 heterocycles. The second-order valence-corrected chi connectivity index (χ2v) is 13.3. The maximum atomic E-state index is 2.52. The summed E-state index contributed by atoms with van der Waals surface area (Å²) in [5.74, 6) is 0. The van der Waals surface area contributed by atoms with Gasteiger partial charge in [-0.2, -0.15) is 0 Å². The fourth-order valence-corrected chi connectivity index (χ4v) is 7.27. The van der Waals surface area contributed by atoms with Crippen LogP contribution >= 0.6 is 0 Å². The van der Waals surface area contributed by atoms with Gasteiger partial charge in [-0.3, -0.25) is 0 Å². The molecule has 6 rings (SSSR count). The number of fused-ring (bicyclic) bond motifs is 4. The molecular weight excluding hydrogens is 446 g/mol. The lowest BCUT2D eigenvalue weighted by molar-refractivity contribution is -0.660. The molecule has 1 aromatic heterocycles. The maximum Gasteiger partial charge on any atom is 0.212 e. The zero-order valence-electron chi connectivity index (χ0n) is 23.8. The van der Waals surface area contributed by atoms with Crippen molar-refractivity contribution in [3.8, 4) is 33.5 Å². The van der Waals surface area contributed by atoms with Crippen LogP contribution in [-0.2, 0) is 23.3 Å². The predicted molar refractivity (Wildman–Crippen MR) is 156 cm³/mol. The number of nitrogens with zero attached hydrogens (tertiary/aromatic N) is 1. The van der Waals surface area contributed by atoms with Crippen LogP contribution in [0, 0.1) is 6.92 Å². The van der Waals surface area contributed by atoms with Crippen LogP contribution in [0.1, 0.15) is 82.2 Å². The number of hydrogen-bond donors (Lipinski definition) is 0. The third kappa shape index (κ3) is 3.46. The fourth-order valence-electron chi connectivity index (χ4n) is 7.27. The Bertz CT molecular complexity index is 1560. The highest BCUT2D eigenvalue weighted by Gasteiger charge is 2.42. The summed E-state index contributed by atoms with van der Waals surface area (Å²) in [6.07, 6.45) is 4.64. The van der Waals surface area contributed by atoms with E-state index in [0.717, 1.165) is 0 Å². The van der Waals surface area contributed by atoms with Gasteiger partial charge >= 0.3 is 0 Å². The van der Waals surface area contributed by atoms with E-state index in [1.165, 1.54) is 74.2 Å². The molecule has 37 heavy (non-hydrogen) atoms. The number of aromatic nitrogens is 1. The average molecular weight is 487 g/mol. The van der Waals surface area contributed by atoms with E-state index in [2.05, 4.69) is 133 Å². The molecule has 4 aromatic rings. The highest BCUT2D eigenvalue weighted by atomic mass is 14.9. The lowest BCUT2D eigenvalue weighted by Gasteiger charge is -2.42. The number of rotatable bonds is 2. The number of benzene rings is 3. The van der Waals surface area contributed by atoms with Gasteiger partial charge in [0.05, 0.1) is 5.56 Å². The predicted octanol–water partition coefficient (Wildman–Crippen LogP) is 8.81. The number of aryl methyl sites for hydroxylation is 2. The van der Waals surface area contributed by atoms with Gasteiger partial charge in [-0.1, -0.05) is 90.1 Å². The molecule has 0 bridgehead atoms. The largest absolute Gasteiger partial charge is 0.212 e. The molecule has 188 valence electrons. The van der Waals surface area contributed by atoms with E-state index in [9.17, 15) is 0 Å². The van der Waals surface area contributed by atoms with Crippen molar-refractivity contribution in [3.05, 3.63) is 101 Å². The van der Waals surface area contributed by atoms with E-state index < -0.39 is 0 Å². The molecule has 2 aliphatic carbocycles. The summed E-state index contributed by atoms with van der Waals surface area (Å²) in [5, 5.41) is 0. The Morgan fingerprint density at radius 3 is 2.05 bits per heavy atom. The molecule has 0 saturated heterocycles. The minimum absolute atomic E-state index is 0.115. The molecule has 0 atom stereocenters. The van der Waals surface area contributed by atoms with Crippen molar-refractivity contribution in [2.45, 2.75) is 77.6 Å². The Hall–Kier alpha value is -3.19. The first-order chi connectivity index (χ1) is 17.4. The zero-order valence-corrected chi connectivity index (χ0v) is 23.8. The van der Waals surface area contributed by atoms with Gasteiger partial charge in [0, 0.05) is 17.5 Å². The van der Waals surface area contributed by atoms with Crippen LogP contribution in [0.5, 0.6) is 0 Å². The SMILES string of the molecule is Cc1ccc2c(c1-c1cccc[n+]1C)C(C)(C)c1c(-c3ccc4c(c3)C(C)(C)CCC4(C)C)cccc1-2. The molecule has 0 N–H and O–H groups in total. The molecule has 3 aromatic carbocycles. The van der Waals surface area contributed by atoms with Gasteiger partial charge in [0.25, 0.3) is 0 Å². The van der Waals surface area contributed by atoms with Gasteiger partial charge < -0.3 is 0 Å². The first-order valence-electron chi connectivity index (χ1n) is 13.8. The molecular formula is C36H40N+. The Morgan fingerprint density at radius 1 is 0.649 bits per heavy atom. The highest BCUT2D eigenvalue weighted by Crippen LogP contribution is 2.56. The van der Waals surface area contributed by atoms with Crippen molar-refractivity contribution >= 4 is 0 Å². The molecule has 1 nitrogen and oxygen atoms in total. The summed E-state index contributed by atoms with van der Waals surface area (Å²) >= 11 is 0. The molecule has 0 aliphatic heterocycles. The molecule has 1 heteroatoms. The first kappa shape index (κ1) is 24.2. The fraction of sp³-hybridized carbons (Fsp3) is 0.361. The summed E-state index contributed by atoms with van der Waals surface area (Å²) in [6, 6.07) is 25.5. The molecule has 2 aliphatic rings. The second kappa shape index (κ2) is 7.90. The van der Waals surface area contributed by atoms with E-state index in [4.69, 9.17) is 0 Å². The van der Waals surface area contributed by atoms with Crippen LogP contribution in [-0.4, -0.2) is 0 Å². The molecule has 0 radical (unpaired) electrons. The van der Waals surface area contributed by atoms with Gasteiger partial charge in [0.15, 0.2) is 6.20 Å². The molecule has 0 amide bonds. The van der Waals surface area contributed by atoms with E-state index in [1.807, 2.05) is 0 Å². The molecule has 0 unspecified atom stereocenters. The van der Waals surface area contributed by atoms with Crippen molar-refractivity contribution in [3.63, 3.8) is 0 Å². The second-order valence-electron chi connectivity index (χ2n) is 13.3. The van der Waals surface area contributed by atoms with Crippen LogP contribution in [0.4, 0.5) is 0 Å². The van der Waals surface area contributed by atoms with Crippen LogP contribution < -0.4 is 4.57 Å². The minimum atomic E-state index is -0.115. The van der Waals surface area contributed by atoms with Gasteiger partial charge in [-0.25, -0.2) is 4.57 Å². The van der Waals surface area contributed by atoms with E-state index in [-0.39, 0.29) is 16.2 Å². The summed E-state index contributed by atoms with van der Waals surface area (Å²) in [4.78, 5) is 0. The van der Waals surface area contributed by atoms with Crippen molar-refractivity contribution in [2.24, 2.45) is 7.05 Å². The topological polar surface area (TPSA) is 3.88 Å². The molecule has 0 fully saturated rings. The highest BCUT2D eigenvalue weighted by molar-refractivity contribution is 5.93. The van der Waals surface area contributed by atoms with E-state index in [0.29, 0.717) is 0 Å². The molecule has 0 spiro atoms. The molecule has 0 saturated carbocycles. The zero-order chi connectivity index (χ0) is 26.3. The van der Waals surface area contributed by atoms with Crippen LogP contribution in [0.25, 0.3) is 33.5 Å². The Labute approximate surface area is 223 Å². The van der Waals surface area contributed by atoms with E-state index >= 15 is 0 Å². The standard InChI is InChI=1S/C36H40N/c1-23-15-17-27-26-13-11-12-25(24-16-18-28-29(22-24)35(4,5)20-19-34(28,2)3)32(26)36(6,7)33(27)31(23)30-14-9-10-21-37(30)8/h9-18,21-22H,19-20H2,1-8H3/q+1. The van der Waals surface area contributed by atoms with Crippen molar-refractivity contribution < 1.29 is 4.57 Å². The van der Waals surface area contributed by atoms with Crippen LogP contribution in [0.15, 0.2) is 72.9 Å². The maximum absolute atomic E-state index is 2.52. The third-order valence-electron chi connectivity index (χ3n) is 9.49. The Morgan fingerprint density at radius 2 is 1.32 bits per heavy atom. The monoisotopic (exact) mass is 486 g/mol. The minimum Gasteiger partial charge on any atom is -0.201 e. The van der Waals surface area contributed by atoms with Gasteiger partial charge in [0.1, 0.15) is 7.05 Å². The summed E-state index contributed by atoms with van der Waals surface area (Å²) in [7, 11) is 2.16. The van der Waals surface area contributed by atoms with Crippen molar-refractivity contribution in [2.75, 3.05) is 0 Å². The lowest BCUT2D eigenvalue weighted by atomic mass is 9.62. The van der Waals surface area contributed by atoms with Gasteiger partial charge in [-0.05, 0) is 86.7 Å². The Kier molecular flexibility index (Phi) is 5.16. The number of pyridine rings is 1. The lowest BCUT2D eigenvalue weighted by Crippen LogP contribution is -2.33. The first-order valence-corrected chi connectivity index (χ1v) is 13.8.